The molecular formula is C22H31N7O2. The van der Waals surface area contributed by atoms with Gasteiger partial charge in [-0.15, -0.1) is 0 Å². The lowest BCUT2D eigenvalue weighted by atomic mass is 10.0. The summed E-state index contributed by atoms with van der Waals surface area (Å²) in [7, 11) is 0. The molecule has 1 unspecified atom stereocenters. The number of carbonyl (C=O) groups is 1. The number of nitriles is 1. The second kappa shape index (κ2) is 11.4. The number of nitrogens with two attached hydrogens (primary N) is 2. The van der Waals surface area contributed by atoms with E-state index in [4.69, 9.17) is 11.6 Å². The molecule has 1 saturated carbocycles. The van der Waals surface area contributed by atoms with Gasteiger partial charge < -0.3 is 26.5 Å². The van der Waals surface area contributed by atoms with Crippen LogP contribution in [-0.2, 0) is 9.63 Å². The van der Waals surface area contributed by atoms with Crippen molar-refractivity contribution in [2.24, 2.45) is 17.5 Å². The highest BCUT2D eigenvalue weighted by molar-refractivity contribution is 5.98. The van der Waals surface area contributed by atoms with Crippen LogP contribution in [0.5, 0.6) is 0 Å². The van der Waals surface area contributed by atoms with Gasteiger partial charge in [0, 0.05) is 45.0 Å². The maximum atomic E-state index is 12.6. The highest BCUT2D eigenvalue weighted by Gasteiger charge is 2.34. The number of allylic oxidation sites excluding steroid dienone is 1. The molecule has 7 N–H and O–H groups in total. The van der Waals surface area contributed by atoms with Gasteiger partial charge in [-0.25, -0.2) is 0 Å². The third kappa shape index (κ3) is 7.00. The molecular weight excluding hydrogens is 394 g/mol. The summed E-state index contributed by atoms with van der Waals surface area (Å²) < 4.78 is 0. The summed E-state index contributed by atoms with van der Waals surface area (Å²) in [5, 5.41) is 19.1. The van der Waals surface area contributed by atoms with Crippen molar-refractivity contribution in [1.29, 1.82) is 5.26 Å². The maximum Gasteiger partial charge on any atom is 0.262 e. The number of piperazine rings is 1. The van der Waals surface area contributed by atoms with E-state index in [2.05, 4.69) is 25.7 Å². The fourth-order valence-corrected chi connectivity index (χ4v) is 3.65. The molecule has 1 heterocycles. The number of anilines is 1. The zero-order valence-corrected chi connectivity index (χ0v) is 17.6. The molecule has 31 heavy (non-hydrogen) atoms. The first-order valence-corrected chi connectivity index (χ1v) is 10.6. The van der Waals surface area contributed by atoms with Crippen LogP contribution in [0.4, 0.5) is 5.69 Å². The molecule has 0 aromatic heterocycles. The van der Waals surface area contributed by atoms with Gasteiger partial charge in [0.2, 0.25) is 0 Å². The lowest BCUT2D eigenvalue weighted by Crippen LogP contribution is -2.45. The predicted molar refractivity (Wildman–Crippen MR) is 119 cm³/mol. The minimum atomic E-state index is -0.467. The Morgan fingerprint density at radius 2 is 2.03 bits per heavy atom. The Labute approximate surface area is 183 Å². The van der Waals surface area contributed by atoms with Crippen LogP contribution in [0.1, 0.15) is 24.4 Å². The van der Waals surface area contributed by atoms with Crippen molar-refractivity contribution in [2.45, 2.75) is 18.9 Å². The van der Waals surface area contributed by atoms with E-state index >= 15 is 0 Å². The number of hydrogen-bond donors (Lipinski definition) is 5. The van der Waals surface area contributed by atoms with E-state index in [0.29, 0.717) is 5.92 Å². The molecule has 9 nitrogen and oxygen atoms in total. The summed E-state index contributed by atoms with van der Waals surface area (Å²) >= 11 is 0. The largest absolute Gasteiger partial charge is 0.417 e. The van der Waals surface area contributed by atoms with Gasteiger partial charge >= 0.3 is 0 Å². The van der Waals surface area contributed by atoms with E-state index in [9.17, 15) is 10.1 Å². The summed E-state index contributed by atoms with van der Waals surface area (Å²) in [4.78, 5) is 19.4. The summed E-state index contributed by atoms with van der Waals surface area (Å²) in [6.07, 6.45) is 4.41. The quantitative estimate of drug-likeness (QED) is 0.121. The second-order valence-electron chi connectivity index (χ2n) is 7.85. The number of nitrogens with zero attached hydrogens (tertiary/aromatic N) is 2. The number of amides is 1. The Hall–Kier alpha value is -3.06. The van der Waals surface area contributed by atoms with E-state index in [1.807, 2.05) is 30.3 Å². The minimum absolute atomic E-state index is 0.0911. The van der Waals surface area contributed by atoms with E-state index in [1.54, 1.807) is 0 Å². The van der Waals surface area contributed by atoms with Gasteiger partial charge in [0.1, 0.15) is 17.9 Å². The van der Waals surface area contributed by atoms with Gasteiger partial charge in [0.05, 0.1) is 11.7 Å². The van der Waals surface area contributed by atoms with Gasteiger partial charge in [-0.2, -0.15) is 11.2 Å². The Balaban J connectivity index is 1.58. The van der Waals surface area contributed by atoms with Crippen LogP contribution in [0.25, 0.3) is 0 Å². The van der Waals surface area contributed by atoms with E-state index in [-0.39, 0.29) is 17.3 Å². The van der Waals surface area contributed by atoms with Crippen LogP contribution in [0.2, 0.25) is 0 Å². The van der Waals surface area contributed by atoms with Crippen LogP contribution in [0.15, 0.2) is 47.9 Å². The fourth-order valence-electron chi connectivity index (χ4n) is 3.65. The van der Waals surface area contributed by atoms with Gasteiger partial charge in [-0.1, -0.05) is 12.1 Å². The standard InChI is InChI=1S/C22H31N7O2/c23-14-18(13-19(24)15-31-25)22(30)28-21(16-1-2-16)17-3-5-20(6-4-17)27-9-12-29-10-7-26-8-11-29/h3-6,13,15-16,21,26-27H,1-2,7-12,24-25H2,(H,28,30)/b18-13+,19-15-. The van der Waals surface area contributed by atoms with Crippen molar-refractivity contribution in [2.75, 3.05) is 44.6 Å². The first-order valence-electron chi connectivity index (χ1n) is 10.6. The van der Waals surface area contributed by atoms with Crippen molar-refractivity contribution >= 4 is 11.6 Å². The summed E-state index contributed by atoms with van der Waals surface area (Å²) in [5.41, 5.74) is 7.72. The Bertz CT molecular complexity index is 834. The van der Waals surface area contributed by atoms with Crippen molar-refractivity contribution in [3.63, 3.8) is 0 Å². The number of carbonyl (C=O) groups excluding carboxylic acids is 1. The topological polar surface area (TPSA) is 141 Å². The predicted octanol–water partition coefficient (Wildman–Crippen LogP) is 0.711. The fraction of sp³-hybridized carbons (Fsp3) is 0.455. The summed E-state index contributed by atoms with van der Waals surface area (Å²) in [6, 6.07) is 9.87. The number of rotatable bonds is 10. The van der Waals surface area contributed by atoms with Crippen LogP contribution < -0.4 is 27.6 Å². The molecule has 2 fully saturated rings. The molecule has 1 saturated heterocycles. The first kappa shape index (κ1) is 22.6. The highest BCUT2D eigenvalue weighted by atomic mass is 16.6. The van der Waals surface area contributed by atoms with Crippen LogP contribution in [-0.4, -0.2) is 50.1 Å². The van der Waals surface area contributed by atoms with Crippen LogP contribution in [0.3, 0.4) is 0 Å². The lowest BCUT2D eigenvalue weighted by molar-refractivity contribution is -0.118. The smallest absolute Gasteiger partial charge is 0.262 e. The van der Waals surface area contributed by atoms with Gasteiger partial charge in [0.25, 0.3) is 5.91 Å². The average molecular weight is 426 g/mol. The van der Waals surface area contributed by atoms with E-state index in [0.717, 1.165) is 69.6 Å². The molecule has 0 radical (unpaired) electrons. The molecule has 1 aromatic carbocycles. The Morgan fingerprint density at radius 1 is 1.32 bits per heavy atom. The Kier molecular flexibility index (Phi) is 8.29. The zero-order valence-electron chi connectivity index (χ0n) is 17.6. The van der Waals surface area contributed by atoms with Crippen molar-refractivity contribution in [1.82, 2.24) is 15.5 Å². The third-order valence-electron chi connectivity index (χ3n) is 5.50. The molecule has 1 aromatic rings. The van der Waals surface area contributed by atoms with Gasteiger partial charge in [-0.3, -0.25) is 9.69 Å². The van der Waals surface area contributed by atoms with Crippen molar-refractivity contribution in [3.8, 4) is 6.07 Å². The molecule has 3 rings (SSSR count). The monoisotopic (exact) mass is 425 g/mol. The first-order chi connectivity index (χ1) is 15.1. The minimum Gasteiger partial charge on any atom is -0.417 e. The highest BCUT2D eigenvalue weighted by Crippen LogP contribution is 2.41. The van der Waals surface area contributed by atoms with E-state index in [1.165, 1.54) is 6.08 Å². The molecule has 1 aliphatic heterocycles. The van der Waals surface area contributed by atoms with E-state index < -0.39 is 5.91 Å². The number of nitrogens with one attached hydrogen (secondary N) is 3. The number of benzene rings is 1. The third-order valence-corrected chi connectivity index (χ3v) is 5.50. The average Bonchev–Trinajstić information content (AvgIpc) is 3.62. The molecule has 0 spiro atoms. The second-order valence-corrected chi connectivity index (χ2v) is 7.85. The van der Waals surface area contributed by atoms with Crippen molar-refractivity contribution < 1.29 is 9.63 Å². The molecule has 9 heteroatoms. The molecule has 1 atom stereocenters. The molecule has 1 amide bonds. The summed E-state index contributed by atoms with van der Waals surface area (Å²) in [6.45, 7) is 6.18. The van der Waals surface area contributed by atoms with Crippen LogP contribution >= 0.6 is 0 Å². The van der Waals surface area contributed by atoms with Crippen LogP contribution in [0, 0.1) is 17.2 Å². The molecule has 2 aliphatic rings. The zero-order chi connectivity index (χ0) is 22.1. The normalized spacial score (nSPS) is 18.7. The molecule has 166 valence electrons. The molecule has 1 aliphatic carbocycles. The molecule has 0 bridgehead atoms. The number of hydrogen-bond acceptors (Lipinski definition) is 8. The lowest BCUT2D eigenvalue weighted by Gasteiger charge is -2.27. The Morgan fingerprint density at radius 3 is 2.65 bits per heavy atom. The summed E-state index contributed by atoms with van der Waals surface area (Å²) in [5.74, 6) is 4.83. The van der Waals surface area contributed by atoms with Crippen molar-refractivity contribution in [3.05, 3.63) is 53.4 Å². The SMILES string of the molecule is N#C/C(=C\C(N)=C\ON)C(=O)NC(c1ccc(NCCN2CCNCC2)cc1)C1CC1. The maximum absolute atomic E-state index is 12.6. The van der Waals surface area contributed by atoms with Gasteiger partial charge in [0.15, 0.2) is 0 Å². The van der Waals surface area contributed by atoms with Gasteiger partial charge in [-0.05, 0) is 42.5 Å².